The number of benzene rings is 3. The molecule has 29 heavy (non-hydrogen) atoms. The Labute approximate surface area is 168 Å². The van der Waals surface area contributed by atoms with Crippen molar-refractivity contribution in [2.45, 2.75) is 0 Å². The highest BCUT2D eigenvalue weighted by Gasteiger charge is 2.10. The molecule has 2 heterocycles. The molecule has 0 bridgehead atoms. The van der Waals surface area contributed by atoms with E-state index in [1.807, 2.05) is 56.7 Å². The lowest BCUT2D eigenvalue weighted by Crippen LogP contribution is -2.08. The van der Waals surface area contributed by atoms with Gasteiger partial charge in [0.15, 0.2) is 5.82 Å². The quantitative estimate of drug-likeness (QED) is 0.460. The van der Waals surface area contributed by atoms with Crippen LogP contribution in [-0.4, -0.2) is 34.3 Å². The molecule has 0 aliphatic heterocycles. The molecule has 5 aromatic rings. The normalized spacial score (nSPS) is 11.1. The van der Waals surface area contributed by atoms with Gasteiger partial charge in [-0.2, -0.15) is 5.10 Å². The van der Waals surface area contributed by atoms with Crippen LogP contribution in [0.5, 0.6) is 0 Å². The number of anilines is 3. The SMILES string of the molecule is CN(C)c1ccc(-c2nc(Nc3ccc4[nH]ncc4c3)c3ccccc3n2)cc1. The van der Waals surface area contributed by atoms with Gasteiger partial charge < -0.3 is 10.2 Å². The van der Waals surface area contributed by atoms with Crippen molar-refractivity contribution in [1.82, 2.24) is 20.2 Å². The fourth-order valence-electron chi connectivity index (χ4n) is 3.37. The van der Waals surface area contributed by atoms with E-state index in [2.05, 4.69) is 50.7 Å². The van der Waals surface area contributed by atoms with E-state index in [9.17, 15) is 0 Å². The molecule has 0 unspecified atom stereocenters. The van der Waals surface area contributed by atoms with Gasteiger partial charge in [0.05, 0.1) is 17.2 Å². The molecule has 0 saturated carbocycles. The summed E-state index contributed by atoms with van der Waals surface area (Å²) in [6.07, 6.45) is 1.82. The average molecular weight is 380 g/mol. The molecule has 0 spiro atoms. The molecule has 3 aromatic carbocycles. The molecule has 0 aliphatic carbocycles. The number of nitrogens with zero attached hydrogens (tertiary/aromatic N) is 4. The maximum absolute atomic E-state index is 4.85. The third-order valence-corrected chi connectivity index (χ3v) is 4.95. The van der Waals surface area contributed by atoms with Gasteiger partial charge in [0.1, 0.15) is 5.82 Å². The molecule has 2 N–H and O–H groups in total. The predicted molar refractivity (Wildman–Crippen MR) is 119 cm³/mol. The monoisotopic (exact) mass is 380 g/mol. The molecule has 6 nitrogen and oxygen atoms in total. The van der Waals surface area contributed by atoms with Crippen molar-refractivity contribution in [3.8, 4) is 11.4 Å². The highest BCUT2D eigenvalue weighted by molar-refractivity contribution is 5.93. The minimum absolute atomic E-state index is 0.695. The van der Waals surface area contributed by atoms with E-state index < -0.39 is 0 Å². The second-order valence-corrected chi connectivity index (χ2v) is 7.15. The van der Waals surface area contributed by atoms with Gasteiger partial charge in [0.2, 0.25) is 0 Å². The average Bonchev–Trinajstić information content (AvgIpc) is 3.21. The zero-order valence-corrected chi connectivity index (χ0v) is 16.2. The number of para-hydroxylation sites is 1. The van der Waals surface area contributed by atoms with Gasteiger partial charge in [-0.05, 0) is 54.6 Å². The smallest absolute Gasteiger partial charge is 0.162 e. The van der Waals surface area contributed by atoms with Crippen molar-refractivity contribution in [2.75, 3.05) is 24.3 Å². The standard InChI is InChI=1S/C23H20N6/c1-29(2)18-10-7-15(8-11-18)22-26-21-6-4-3-5-19(21)23(27-22)25-17-9-12-20-16(13-17)14-24-28-20/h3-14H,1-2H3,(H,24,28)(H,25,26,27). The van der Waals surface area contributed by atoms with Crippen molar-refractivity contribution < 1.29 is 0 Å². The Morgan fingerprint density at radius 3 is 2.55 bits per heavy atom. The fraction of sp³-hybridized carbons (Fsp3) is 0.0870. The van der Waals surface area contributed by atoms with Gasteiger partial charge in [-0.15, -0.1) is 0 Å². The Balaban J connectivity index is 1.59. The van der Waals surface area contributed by atoms with Crippen LogP contribution in [-0.2, 0) is 0 Å². The minimum Gasteiger partial charge on any atom is -0.378 e. The van der Waals surface area contributed by atoms with Gasteiger partial charge in [0, 0.05) is 41.8 Å². The first-order valence-electron chi connectivity index (χ1n) is 9.42. The number of aromatic nitrogens is 4. The Bertz CT molecular complexity index is 1300. The molecule has 0 amide bonds. The zero-order valence-electron chi connectivity index (χ0n) is 16.2. The van der Waals surface area contributed by atoms with Crippen molar-refractivity contribution in [2.24, 2.45) is 0 Å². The molecular weight excluding hydrogens is 360 g/mol. The summed E-state index contributed by atoms with van der Waals surface area (Å²) < 4.78 is 0. The maximum atomic E-state index is 4.85. The molecule has 0 aliphatic rings. The van der Waals surface area contributed by atoms with Crippen molar-refractivity contribution in [3.05, 3.63) is 72.9 Å². The summed E-state index contributed by atoms with van der Waals surface area (Å²) in [7, 11) is 4.06. The van der Waals surface area contributed by atoms with Crippen molar-refractivity contribution in [1.29, 1.82) is 0 Å². The zero-order chi connectivity index (χ0) is 19.8. The Morgan fingerprint density at radius 1 is 0.897 bits per heavy atom. The minimum atomic E-state index is 0.695. The van der Waals surface area contributed by atoms with E-state index in [1.165, 1.54) is 0 Å². The predicted octanol–water partition coefficient (Wildman–Crippen LogP) is 4.98. The van der Waals surface area contributed by atoms with Crippen LogP contribution in [0, 0.1) is 0 Å². The van der Waals surface area contributed by atoms with Crippen molar-refractivity contribution >= 4 is 39.0 Å². The Kier molecular flexibility index (Phi) is 4.09. The van der Waals surface area contributed by atoms with Crippen molar-refractivity contribution in [3.63, 3.8) is 0 Å². The van der Waals surface area contributed by atoms with E-state index in [-0.39, 0.29) is 0 Å². The first-order valence-corrected chi connectivity index (χ1v) is 9.42. The summed E-state index contributed by atoms with van der Waals surface area (Å²) in [4.78, 5) is 11.7. The fourth-order valence-corrected chi connectivity index (χ4v) is 3.37. The second kappa shape index (κ2) is 6.91. The van der Waals surface area contributed by atoms with Gasteiger partial charge in [-0.25, -0.2) is 9.97 Å². The molecule has 142 valence electrons. The maximum Gasteiger partial charge on any atom is 0.162 e. The van der Waals surface area contributed by atoms with E-state index in [1.54, 1.807) is 0 Å². The third-order valence-electron chi connectivity index (χ3n) is 4.95. The number of nitrogens with one attached hydrogen (secondary N) is 2. The lowest BCUT2D eigenvalue weighted by Gasteiger charge is -2.14. The summed E-state index contributed by atoms with van der Waals surface area (Å²) in [5.41, 5.74) is 4.98. The van der Waals surface area contributed by atoms with Crippen LogP contribution in [0.15, 0.2) is 72.9 Å². The van der Waals surface area contributed by atoms with Crippen LogP contribution in [0.2, 0.25) is 0 Å². The number of fused-ring (bicyclic) bond motifs is 2. The molecule has 5 rings (SSSR count). The summed E-state index contributed by atoms with van der Waals surface area (Å²) in [6, 6.07) is 22.4. The van der Waals surface area contributed by atoms with Crippen LogP contribution in [0.4, 0.5) is 17.2 Å². The third kappa shape index (κ3) is 3.25. The number of hydrogen-bond acceptors (Lipinski definition) is 5. The molecule has 0 saturated heterocycles. The van der Waals surface area contributed by atoms with Gasteiger partial charge in [-0.3, -0.25) is 5.10 Å². The van der Waals surface area contributed by atoms with Gasteiger partial charge >= 0.3 is 0 Å². The van der Waals surface area contributed by atoms with E-state index in [0.717, 1.165) is 44.6 Å². The first kappa shape index (κ1) is 17.2. The van der Waals surface area contributed by atoms with E-state index in [4.69, 9.17) is 9.97 Å². The van der Waals surface area contributed by atoms with E-state index >= 15 is 0 Å². The van der Waals surface area contributed by atoms with Crippen LogP contribution in [0.25, 0.3) is 33.2 Å². The number of aromatic amines is 1. The van der Waals surface area contributed by atoms with Crippen LogP contribution < -0.4 is 10.2 Å². The topological polar surface area (TPSA) is 69.7 Å². The largest absolute Gasteiger partial charge is 0.378 e. The Hall–Kier alpha value is -3.93. The first-order chi connectivity index (χ1) is 14.2. The Morgan fingerprint density at radius 2 is 1.72 bits per heavy atom. The van der Waals surface area contributed by atoms with Crippen LogP contribution in [0.1, 0.15) is 0 Å². The summed E-state index contributed by atoms with van der Waals surface area (Å²) in [5.74, 6) is 1.48. The van der Waals surface area contributed by atoms with Gasteiger partial charge in [0.25, 0.3) is 0 Å². The summed E-state index contributed by atoms with van der Waals surface area (Å²) in [5, 5.41) is 12.6. The highest BCUT2D eigenvalue weighted by atomic mass is 15.1. The summed E-state index contributed by atoms with van der Waals surface area (Å²) in [6.45, 7) is 0. The molecule has 0 atom stereocenters. The number of hydrogen-bond donors (Lipinski definition) is 2. The molecule has 6 heteroatoms. The molecule has 0 radical (unpaired) electrons. The van der Waals surface area contributed by atoms with E-state index in [0.29, 0.717) is 5.82 Å². The molecule has 2 aromatic heterocycles. The van der Waals surface area contributed by atoms with Crippen LogP contribution >= 0.6 is 0 Å². The lowest BCUT2D eigenvalue weighted by atomic mass is 10.1. The highest BCUT2D eigenvalue weighted by Crippen LogP contribution is 2.29. The molecular formula is C23H20N6. The number of H-pyrrole nitrogens is 1. The summed E-state index contributed by atoms with van der Waals surface area (Å²) >= 11 is 0. The van der Waals surface area contributed by atoms with Crippen LogP contribution in [0.3, 0.4) is 0 Å². The second-order valence-electron chi connectivity index (χ2n) is 7.15. The van der Waals surface area contributed by atoms with Gasteiger partial charge in [-0.1, -0.05) is 12.1 Å². The number of rotatable bonds is 4. The molecule has 0 fully saturated rings. The lowest BCUT2D eigenvalue weighted by molar-refractivity contribution is 1.12.